The number of fused-ring (bicyclic) bond motifs is 1. The SMILES string of the molecule is COc1cccc([C@H](CNC[C@H](O)COC[C@@H]2CCCO2)c2c[nH]c3ccccc23)c1OC. The topological polar surface area (TPSA) is 85.0 Å². The molecule has 2 heterocycles. The van der Waals surface area contributed by atoms with Crippen LogP contribution >= 0.6 is 0 Å². The van der Waals surface area contributed by atoms with Crippen molar-refractivity contribution in [1.29, 1.82) is 0 Å². The van der Waals surface area contributed by atoms with Crippen molar-refractivity contribution in [2.45, 2.75) is 31.0 Å². The standard InChI is InChI=1S/C26H34N2O5/c1-30-25-11-5-9-21(26(25)31-2)22(23-15-28-24-10-4-3-8-20(23)24)14-27-13-18(29)16-32-17-19-7-6-12-33-19/h3-5,8-11,15,18-19,22,27-29H,6-7,12-14,16-17H2,1-2H3/t18-,19-,22-/m0/s1. The first-order valence-electron chi connectivity index (χ1n) is 11.6. The number of aliphatic hydroxyl groups excluding tert-OH is 1. The highest BCUT2D eigenvalue weighted by Crippen LogP contribution is 2.40. The second-order valence-electron chi connectivity index (χ2n) is 8.41. The van der Waals surface area contributed by atoms with Crippen molar-refractivity contribution in [2.24, 2.45) is 0 Å². The second-order valence-corrected chi connectivity index (χ2v) is 8.41. The van der Waals surface area contributed by atoms with Gasteiger partial charge in [-0.05, 0) is 30.5 Å². The summed E-state index contributed by atoms with van der Waals surface area (Å²) in [6.45, 7) is 2.68. The Labute approximate surface area is 195 Å². The van der Waals surface area contributed by atoms with Crippen LogP contribution in [0.5, 0.6) is 11.5 Å². The number of aliphatic hydroxyl groups is 1. The molecule has 1 aromatic heterocycles. The van der Waals surface area contributed by atoms with Crippen molar-refractivity contribution in [3.63, 3.8) is 0 Å². The Morgan fingerprint density at radius 3 is 2.76 bits per heavy atom. The number of hydrogen-bond acceptors (Lipinski definition) is 6. The number of rotatable bonds is 12. The number of aromatic amines is 1. The van der Waals surface area contributed by atoms with Crippen LogP contribution in [0.25, 0.3) is 10.9 Å². The lowest BCUT2D eigenvalue weighted by atomic mass is 9.89. The molecule has 1 aliphatic heterocycles. The monoisotopic (exact) mass is 454 g/mol. The molecule has 0 bridgehead atoms. The molecule has 0 radical (unpaired) electrons. The second kappa shape index (κ2) is 11.5. The lowest BCUT2D eigenvalue weighted by Crippen LogP contribution is -2.34. The minimum absolute atomic E-state index is 0.00814. The number of benzene rings is 2. The predicted molar refractivity (Wildman–Crippen MR) is 128 cm³/mol. The smallest absolute Gasteiger partial charge is 0.164 e. The zero-order valence-electron chi connectivity index (χ0n) is 19.4. The molecule has 2 aromatic carbocycles. The number of hydrogen-bond donors (Lipinski definition) is 3. The molecule has 3 atom stereocenters. The van der Waals surface area contributed by atoms with E-state index in [0.717, 1.165) is 47.2 Å². The van der Waals surface area contributed by atoms with Gasteiger partial charge < -0.3 is 34.4 Å². The summed E-state index contributed by atoms with van der Waals surface area (Å²) < 4.78 is 22.5. The fourth-order valence-electron chi connectivity index (χ4n) is 4.52. The Morgan fingerprint density at radius 1 is 1.09 bits per heavy atom. The Morgan fingerprint density at radius 2 is 1.97 bits per heavy atom. The highest BCUT2D eigenvalue weighted by Gasteiger charge is 2.24. The molecule has 3 aromatic rings. The van der Waals surface area contributed by atoms with Gasteiger partial charge in [0.15, 0.2) is 11.5 Å². The molecule has 33 heavy (non-hydrogen) atoms. The van der Waals surface area contributed by atoms with Gasteiger partial charge in [0.1, 0.15) is 0 Å². The van der Waals surface area contributed by atoms with E-state index in [0.29, 0.717) is 25.4 Å². The van der Waals surface area contributed by atoms with Gasteiger partial charge in [-0.2, -0.15) is 0 Å². The number of para-hydroxylation sites is 2. The zero-order chi connectivity index (χ0) is 23.0. The highest BCUT2D eigenvalue weighted by molar-refractivity contribution is 5.84. The summed E-state index contributed by atoms with van der Waals surface area (Å²) in [5, 5.41) is 15.0. The number of aromatic nitrogens is 1. The average molecular weight is 455 g/mol. The third kappa shape index (κ3) is 5.68. The van der Waals surface area contributed by atoms with Gasteiger partial charge in [-0.25, -0.2) is 0 Å². The Bertz CT molecular complexity index is 1010. The summed E-state index contributed by atoms with van der Waals surface area (Å²) in [5.74, 6) is 1.41. The summed E-state index contributed by atoms with van der Waals surface area (Å²) in [7, 11) is 3.31. The molecule has 1 aliphatic rings. The summed E-state index contributed by atoms with van der Waals surface area (Å²) in [4.78, 5) is 3.38. The molecule has 0 unspecified atom stereocenters. The zero-order valence-corrected chi connectivity index (χ0v) is 19.4. The van der Waals surface area contributed by atoms with Gasteiger partial charge in [0.25, 0.3) is 0 Å². The minimum atomic E-state index is -0.595. The third-order valence-electron chi connectivity index (χ3n) is 6.17. The molecule has 3 N–H and O–H groups in total. The highest BCUT2D eigenvalue weighted by atomic mass is 16.5. The van der Waals surface area contributed by atoms with E-state index in [2.05, 4.69) is 34.7 Å². The van der Waals surface area contributed by atoms with Crippen LogP contribution in [0.3, 0.4) is 0 Å². The van der Waals surface area contributed by atoms with Gasteiger partial charge >= 0.3 is 0 Å². The molecule has 4 rings (SSSR count). The van der Waals surface area contributed by atoms with Crippen molar-refractivity contribution < 1.29 is 24.1 Å². The molecular formula is C26H34N2O5. The van der Waals surface area contributed by atoms with E-state index in [1.807, 2.05) is 24.3 Å². The van der Waals surface area contributed by atoms with Crippen molar-refractivity contribution in [3.05, 3.63) is 59.8 Å². The van der Waals surface area contributed by atoms with E-state index in [1.54, 1.807) is 14.2 Å². The summed E-state index contributed by atoms with van der Waals surface area (Å²) in [6, 6.07) is 14.2. The fourth-order valence-corrected chi connectivity index (χ4v) is 4.52. The molecule has 178 valence electrons. The molecule has 1 saturated heterocycles. The van der Waals surface area contributed by atoms with E-state index >= 15 is 0 Å². The van der Waals surface area contributed by atoms with Crippen LogP contribution in [0, 0.1) is 0 Å². The normalized spacial score (nSPS) is 17.8. The first-order valence-corrected chi connectivity index (χ1v) is 11.6. The van der Waals surface area contributed by atoms with Gasteiger partial charge in [0.2, 0.25) is 0 Å². The maximum absolute atomic E-state index is 10.4. The Kier molecular flexibility index (Phi) is 8.23. The lowest BCUT2D eigenvalue weighted by Gasteiger charge is -2.23. The fraction of sp³-hybridized carbons (Fsp3) is 0.462. The minimum Gasteiger partial charge on any atom is -0.493 e. The number of H-pyrrole nitrogens is 1. The van der Waals surface area contributed by atoms with Gasteiger partial charge in [-0.3, -0.25) is 0 Å². The van der Waals surface area contributed by atoms with Crippen molar-refractivity contribution in [2.75, 3.05) is 47.1 Å². The van der Waals surface area contributed by atoms with Crippen molar-refractivity contribution in [1.82, 2.24) is 10.3 Å². The molecule has 7 heteroatoms. The van der Waals surface area contributed by atoms with E-state index in [1.165, 1.54) is 0 Å². The summed E-state index contributed by atoms with van der Waals surface area (Å²) >= 11 is 0. The first kappa shape index (κ1) is 23.6. The maximum Gasteiger partial charge on any atom is 0.164 e. The van der Waals surface area contributed by atoms with Crippen LogP contribution < -0.4 is 14.8 Å². The van der Waals surface area contributed by atoms with Gasteiger partial charge in [-0.1, -0.05) is 30.3 Å². The Balaban J connectivity index is 1.47. The van der Waals surface area contributed by atoms with Gasteiger partial charge in [-0.15, -0.1) is 0 Å². The maximum atomic E-state index is 10.4. The van der Waals surface area contributed by atoms with Gasteiger partial charge in [0, 0.05) is 48.3 Å². The average Bonchev–Trinajstić information content (AvgIpc) is 3.51. The number of nitrogens with one attached hydrogen (secondary N) is 2. The van der Waals surface area contributed by atoms with E-state index < -0.39 is 6.10 Å². The van der Waals surface area contributed by atoms with Crippen LogP contribution in [0.4, 0.5) is 0 Å². The van der Waals surface area contributed by atoms with Crippen molar-refractivity contribution >= 4 is 10.9 Å². The van der Waals surface area contributed by atoms with Crippen LogP contribution in [-0.4, -0.2) is 69.4 Å². The predicted octanol–water partition coefficient (Wildman–Crippen LogP) is 3.46. The van der Waals surface area contributed by atoms with Crippen LogP contribution in [0.2, 0.25) is 0 Å². The Hall–Kier alpha value is -2.58. The van der Waals surface area contributed by atoms with Crippen LogP contribution in [0.1, 0.15) is 29.9 Å². The van der Waals surface area contributed by atoms with E-state index in [-0.39, 0.29) is 18.6 Å². The van der Waals surface area contributed by atoms with E-state index in [9.17, 15) is 5.11 Å². The van der Waals surface area contributed by atoms with Crippen LogP contribution in [0.15, 0.2) is 48.7 Å². The lowest BCUT2D eigenvalue weighted by molar-refractivity contribution is -0.0164. The molecule has 1 fully saturated rings. The molecule has 0 spiro atoms. The number of methoxy groups -OCH3 is 2. The molecule has 7 nitrogen and oxygen atoms in total. The van der Waals surface area contributed by atoms with Gasteiger partial charge in [0.05, 0.1) is 39.6 Å². The van der Waals surface area contributed by atoms with E-state index in [4.69, 9.17) is 18.9 Å². The molecule has 0 amide bonds. The largest absolute Gasteiger partial charge is 0.493 e. The van der Waals surface area contributed by atoms with Crippen molar-refractivity contribution in [3.8, 4) is 11.5 Å². The number of ether oxygens (including phenoxy) is 4. The molecule has 0 aliphatic carbocycles. The quantitative estimate of drug-likeness (QED) is 0.389. The molecule has 0 saturated carbocycles. The summed E-state index contributed by atoms with van der Waals surface area (Å²) in [5.41, 5.74) is 3.27. The molecular weight excluding hydrogens is 420 g/mol. The third-order valence-corrected chi connectivity index (χ3v) is 6.17. The van der Waals surface area contributed by atoms with Crippen LogP contribution in [-0.2, 0) is 9.47 Å². The summed E-state index contributed by atoms with van der Waals surface area (Å²) in [6.07, 6.45) is 3.74. The first-order chi connectivity index (χ1) is 16.2.